The van der Waals surface area contributed by atoms with Gasteiger partial charge in [0.25, 0.3) is 0 Å². The standard InChI is InChI=1S/C36H25ClN4O/c37-30-21-38-20-29-32-28(14-7-15-31(32)42-33(29)30)36-40-34(24-9-2-1-3-10-24)39-35(41-36)25-18-16-23(17-19-25)27-13-6-11-22-8-4-5-12-26(22)27/h1-21,34-35,39H,(H,40,41). The Hall–Kier alpha value is -4.97. The van der Waals surface area contributed by atoms with E-state index in [9.17, 15) is 0 Å². The number of nitrogens with one attached hydrogen (secondary N) is 2. The van der Waals surface area contributed by atoms with E-state index in [1.54, 1.807) is 12.4 Å². The highest BCUT2D eigenvalue weighted by Crippen LogP contribution is 2.36. The Balaban J connectivity index is 1.22. The molecule has 7 aromatic rings. The number of hydrogen-bond donors (Lipinski definition) is 2. The van der Waals surface area contributed by atoms with E-state index in [4.69, 9.17) is 21.0 Å². The van der Waals surface area contributed by atoms with Gasteiger partial charge in [0.05, 0.1) is 0 Å². The van der Waals surface area contributed by atoms with Gasteiger partial charge in [0.15, 0.2) is 5.58 Å². The Morgan fingerprint density at radius 2 is 1.43 bits per heavy atom. The lowest BCUT2D eigenvalue weighted by atomic mass is 9.97. The van der Waals surface area contributed by atoms with Crippen molar-refractivity contribution in [1.82, 2.24) is 15.6 Å². The maximum atomic E-state index is 6.45. The summed E-state index contributed by atoms with van der Waals surface area (Å²) in [4.78, 5) is 9.49. The van der Waals surface area contributed by atoms with Gasteiger partial charge in [-0.2, -0.15) is 0 Å². The van der Waals surface area contributed by atoms with Gasteiger partial charge in [0, 0.05) is 28.7 Å². The molecule has 1 aliphatic rings. The van der Waals surface area contributed by atoms with Crippen molar-refractivity contribution in [2.45, 2.75) is 12.3 Å². The van der Waals surface area contributed by atoms with Crippen LogP contribution in [0.4, 0.5) is 0 Å². The van der Waals surface area contributed by atoms with E-state index in [0.29, 0.717) is 10.6 Å². The van der Waals surface area contributed by atoms with Crippen LogP contribution < -0.4 is 10.6 Å². The fourth-order valence-corrected chi connectivity index (χ4v) is 6.11. The third kappa shape index (κ3) is 4.22. The molecule has 2 unspecified atom stereocenters. The van der Waals surface area contributed by atoms with E-state index in [2.05, 4.69) is 101 Å². The van der Waals surface area contributed by atoms with Gasteiger partial charge in [0.2, 0.25) is 0 Å². The van der Waals surface area contributed by atoms with Crippen molar-refractivity contribution in [1.29, 1.82) is 0 Å². The smallest absolute Gasteiger partial charge is 0.157 e. The second-order valence-corrected chi connectivity index (χ2v) is 10.9. The monoisotopic (exact) mass is 564 g/mol. The second-order valence-electron chi connectivity index (χ2n) is 10.5. The van der Waals surface area contributed by atoms with Crippen molar-refractivity contribution in [2.75, 3.05) is 0 Å². The number of halogens is 1. The molecule has 8 rings (SSSR count). The molecule has 202 valence electrons. The average molecular weight is 565 g/mol. The Morgan fingerprint density at radius 1 is 0.667 bits per heavy atom. The van der Waals surface area contributed by atoms with Gasteiger partial charge in [-0.25, -0.2) is 4.99 Å². The van der Waals surface area contributed by atoms with Crippen LogP contribution in [-0.2, 0) is 0 Å². The minimum atomic E-state index is -0.250. The minimum absolute atomic E-state index is 0.181. The van der Waals surface area contributed by atoms with Crippen LogP contribution in [0.25, 0.3) is 43.8 Å². The van der Waals surface area contributed by atoms with E-state index in [1.165, 1.54) is 21.9 Å². The SMILES string of the molecule is Clc1cncc2c1oc1cccc(C3=NC(c4ccccc4)NC(c4ccc(-c5cccc6ccccc56)cc4)N3)c12. The molecule has 2 aromatic heterocycles. The number of aliphatic imine (C=N–C) groups is 1. The molecular weight excluding hydrogens is 540 g/mol. The summed E-state index contributed by atoms with van der Waals surface area (Å²) in [6.07, 6.45) is 2.98. The number of pyridine rings is 1. The van der Waals surface area contributed by atoms with Crippen LogP contribution in [0.5, 0.6) is 0 Å². The number of benzene rings is 5. The van der Waals surface area contributed by atoms with E-state index in [0.717, 1.165) is 38.9 Å². The predicted octanol–water partition coefficient (Wildman–Crippen LogP) is 8.79. The van der Waals surface area contributed by atoms with Crippen molar-refractivity contribution in [3.8, 4) is 11.1 Å². The minimum Gasteiger partial charge on any atom is -0.454 e. The summed E-state index contributed by atoms with van der Waals surface area (Å²) >= 11 is 6.45. The van der Waals surface area contributed by atoms with Gasteiger partial charge >= 0.3 is 0 Å². The molecular formula is C36H25ClN4O. The normalized spacial score (nSPS) is 16.9. The van der Waals surface area contributed by atoms with E-state index in [-0.39, 0.29) is 12.3 Å². The highest BCUT2D eigenvalue weighted by molar-refractivity contribution is 6.36. The molecule has 0 saturated carbocycles. The van der Waals surface area contributed by atoms with E-state index >= 15 is 0 Å². The average Bonchev–Trinajstić information content (AvgIpc) is 3.45. The summed E-state index contributed by atoms with van der Waals surface area (Å²) in [7, 11) is 0. The number of rotatable bonds is 4. The fraction of sp³-hybridized carbons (Fsp3) is 0.0556. The quantitative estimate of drug-likeness (QED) is 0.224. The van der Waals surface area contributed by atoms with Gasteiger partial charge in [-0.1, -0.05) is 121 Å². The topological polar surface area (TPSA) is 62.5 Å². The first-order valence-electron chi connectivity index (χ1n) is 13.9. The Bertz CT molecular complexity index is 2110. The molecule has 2 N–H and O–H groups in total. The number of hydrogen-bond acceptors (Lipinski definition) is 5. The Morgan fingerprint density at radius 3 is 2.31 bits per heavy atom. The van der Waals surface area contributed by atoms with Crippen LogP contribution in [0.3, 0.4) is 0 Å². The molecule has 0 bridgehead atoms. The van der Waals surface area contributed by atoms with Gasteiger partial charge < -0.3 is 9.73 Å². The van der Waals surface area contributed by atoms with Gasteiger partial charge in [0.1, 0.15) is 28.8 Å². The number of amidine groups is 1. The molecule has 5 aromatic carbocycles. The first-order valence-corrected chi connectivity index (χ1v) is 14.3. The summed E-state index contributed by atoms with van der Waals surface area (Å²) < 4.78 is 6.15. The molecule has 0 radical (unpaired) electrons. The molecule has 0 saturated heterocycles. The second kappa shape index (κ2) is 10.1. The number of furan rings is 1. The summed E-state index contributed by atoms with van der Waals surface area (Å²) in [6.45, 7) is 0. The highest BCUT2D eigenvalue weighted by atomic mass is 35.5. The maximum absolute atomic E-state index is 6.45. The molecule has 0 aliphatic carbocycles. The van der Waals surface area contributed by atoms with Crippen molar-refractivity contribution >= 4 is 50.1 Å². The molecule has 42 heavy (non-hydrogen) atoms. The van der Waals surface area contributed by atoms with Crippen LogP contribution in [0, 0.1) is 0 Å². The summed E-state index contributed by atoms with van der Waals surface area (Å²) in [5, 5.41) is 12.2. The first kappa shape index (κ1) is 24.8. The lowest BCUT2D eigenvalue weighted by Gasteiger charge is -2.32. The zero-order chi connectivity index (χ0) is 28.0. The lowest BCUT2D eigenvalue weighted by molar-refractivity contribution is 0.409. The summed E-state index contributed by atoms with van der Waals surface area (Å²) in [6, 6.07) is 40.0. The first-order chi connectivity index (χ1) is 20.7. The number of nitrogens with zero attached hydrogens (tertiary/aromatic N) is 2. The molecule has 2 atom stereocenters. The van der Waals surface area contributed by atoms with E-state index < -0.39 is 0 Å². The summed E-state index contributed by atoms with van der Waals surface area (Å²) in [5.74, 6) is 0.777. The Labute approximate surface area is 247 Å². The lowest BCUT2D eigenvalue weighted by Crippen LogP contribution is -2.45. The van der Waals surface area contributed by atoms with Crippen molar-refractivity contribution in [2.24, 2.45) is 4.99 Å². The van der Waals surface area contributed by atoms with Crippen molar-refractivity contribution < 1.29 is 4.42 Å². The van der Waals surface area contributed by atoms with Gasteiger partial charge in [-0.15, -0.1) is 0 Å². The van der Waals surface area contributed by atoms with Crippen LogP contribution in [0.15, 0.2) is 137 Å². The zero-order valence-electron chi connectivity index (χ0n) is 22.5. The predicted molar refractivity (Wildman–Crippen MR) is 171 cm³/mol. The molecule has 5 nitrogen and oxygen atoms in total. The van der Waals surface area contributed by atoms with Crippen LogP contribution in [0.1, 0.15) is 29.0 Å². The fourth-order valence-electron chi connectivity index (χ4n) is 5.91. The highest BCUT2D eigenvalue weighted by Gasteiger charge is 2.27. The van der Waals surface area contributed by atoms with Crippen LogP contribution in [0.2, 0.25) is 5.02 Å². The zero-order valence-corrected chi connectivity index (χ0v) is 23.2. The molecule has 1 aliphatic heterocycles. The van der Waals surface area contributed by atoms with Crippen molar-refractivity contribution in [3.63, 3.8) is 0 Å². The van der Waals surface area contributed by atoms with Crippen LogP contribution in [-0.4, -0.2) is 10.8 Å². The molecule has 0 fully saturated rings. The van der Waals surface area contributed by atoms with Crippen LogP contribution >= 0.6 is 11.6 Å². The maximum Gasteiger partial charge on any atom is 0.157 e. The molecule has 0 amide bonds. The number of aromatic nitrogens is 1. The van der Waals surface area contributed by atoms with Crippen molar-refractivity contribution in [3.05, 3.63) is 149 Å². The van der Waals surface area contributed by atoms with Gasteiger partial charge in [-0.05, 0) is 39.1 Å². The van der Waals surface area contributed by atoms with Gasteiger partial charge in [-0.3, -0.25) is 10.3 Å². The molecule has 6 heteroatoms. The number of fused-ring (bicyclic) bond motifs is 4. The third-order valence-electron chi connectivity index (χ3n) is 7.94. The third-order valence-corrected chi connectivity index (χ3v) is 8.21. The molecule has 3 heterocycles. The largest absolute Gasteiger partial charge is 0.454 e. The summed E-state index contributed by atoms with van der Waals surface area (Å²) in [5.41, 5.74) is 6.91. The molecule has 0 spiro atoms. The Kier molecular flexibility index (Phi) is 5.99. The van der Waals surface area contributed by atoms with E-state index in [1.807, 2.05) is 30.3 Å².